The standard InChI is InChI=1S/C23H24F2N6S/c1-13-30-31-21(32-13)15-6-7-17-14(10-15)5-8-18(17)20-19(23(2,24)25)12-27-22(29-20)28-16-4-3-9-26-11-16/h6-8,10,12,16,26H,3-5,9,11H2,1-2H3,(H,27,28,29)/t16-/m0/s1. The molecule has 3 heterocycles. The number of hydrogen-bond acceptors (Lipinski definition) is 7. The zero-order valence-electron chi connectivity index (χ0n) is 18.0. The van der Waals surface area contributed by atoms with Gasteiger partial charge < -0.3 is 10.6 Å². The van der Waals surface area contributed by atoms with Gasteiger partial charge in [-0.3, -0.25) is 0 Å². The Morgan fingerprint density at radius 2 is 2.12 bits per heavy atom. The van der Waals surface area contributed by atoms with Crippen LogP contribution in [0.25, 0.3) is 16.1 Å². The lowest BCUT2D eigenvalue weighted by Crippen LogP contribution is -2.38. The largest absolute Gasteiger partial charge is 0.350 e. The Bertz CT molecular complexity index is 1180. The van der Waals surface area contributed by atoms with E-state index in [2.05, 4.69) is 36.9 Å². The molecule has 32 heavy (non-hydrogen) atoms. The molecule has 1 saturated heterocycles. The quantitative estimate of drug-likeness (QED) is 0.588. The van der Waals surface area contributed by atoms with Crippen LogP contribution in [-0.2, 0) is 12.3 Å². The van der Waals surface area contributed by atoms with Crippen molar-refractivity contribution in [1.29, 1.82) is 0 Å². The van der Waals surface area contributed by atoms with E-state index in [9.17, 15) is 8.78 Å². The minimum Gasteiger partial charge on any atom is -0.350 e. The predicted molar refractivity (Wildman–Crippen MR) is 122 cm³/mol. The smallest absolute Gasteiger partial charge is 0.274 e. The van der Waals surface area contributed by atoms with Gasteiger partial charge in [0.15, 0.2) is 0 Å². The van der Waals surface area contributed by atoms with Gasteiger partial charge in [0.05, 0.1) is 11.3 Å². The van der Waals surface area contributed by atoms with Gasteiger partial charge in [0.25, 0.3) is 5.92 Å². The molecule has 1 fully saturated rings. The maximum absolute atomic E-state index is 14.5. The Kier molecular flexibility index (Phi) is 5.46. The molecule has 166 valence electrons. The number of rotatable bonds is 5. The number of nitrogens with zero attached hydrogens (tertiary/aromatic N) is 4. The zero-order chi connectivity index (χ0) is 22.3. The fraction of sp³-hybridized carbons (Fsp3) is 0.391. The van der Waals surface area contributed by atoms with Crippen LogP contribution >= 0.6 is 11.3 Å². The molecule has 5 rings (SSSR count). The van der Waals surface area contributed by atoms with E-state index >= 15 is 0 Å². The number of aromatic nitrogens is 4. The van der Waals surface area contributed by atoms with Crippen LogP contribution in [0, 0.1) is 6.92 Å². The lowest BCUT2D eigenvalue weighted by atomic mass is 9.97. The summed E-state index contributed by atoms with van der Waals surface area (Å²) >= 11 is 1.54. The normalized spacial score (nSPS) is 18.4. The number of nitrogens with one attached hydrogen (secondary N) is 2. The molecule has 2 N–H and O–H groups in total. The van der Waals surface area contributed by atoms with E-state index in [4.69, 9.17) is 0 Å². The van der Waals surface area contributed by atoms with E-state index in [1.807, 2.05) is 25.1 Å². The second-order valence-corrected chi connectivity index (χ2v) is 9.53. The third-order valence-electron chi connectivity index (χ3n) is 5.84. The highest BCUT2D eigenvalue weighted by atomic mass is 32.1. The molecular formula is C23H24F2N6S. The number of benzene rings is 1. The molecular weight excluding hydrogens is 430 g/mol. The minimum atomic E-state index is -3.05. The van der Waals surface area contributed by atoms with Crippen molar-refractivity contribution in [3.05, 3.63) is 57.9 Å². The predicted octanol–water partition coefficient (Wildman–Crippen LogP) is 4.57. The average molecular weight is 455 g/mol. The van der Waals surface area contributed by atoms with Crippen molar-refractivity contribution in [2.24, 2.45) is 0 Å². The van der Waals surface area contributed by atoms with Crippen molar-refractivity contribution < 1.29 is 8.78 Å². The molecule has 6 nitrogen and oxygen atoms in total. The molecule has 0 amide bonds. The van der Waals surface area contributed by atoms with E-state index < -0.39 is 5.92 Å². The van der Waals surface area contributed by atoms with Crippen LogP contribution in [0.2, 0.25) is 0 Å². The molecule has 0 radical (unpaired) electrons. The summed E-state index contributed by atoms with van der Waals surface area (Å²) in [6.45, 7) is 4.62. The van der Waals surface area contributed by atoms with Crippen LogP contribution in [0.1, 0.15) is 47.2 Å². The van der Waals surface area contributed by atoms with Crippen LogP contribution in [0.15, 0.2) is 30.5 Å². The summed E-state index contributed by atoms with van der Waals surface area (Å²) in [6.07, 6.45) is 5.95. The molecule has 0 spiro atoms. The van der Waals surface area contributed by atoms with Crippen molar-refractivity contribution in [3.8, 4) is 10.6 Å². The van der Waals surface area contributed by atoms with Gasteiger partial charge >= 0.3 is 0 Å². The maximum Gasteiger partial charge on any atom is 0.274 e. The van der Waals surface area contributed by atoms with Gasteiger partial charge in [0.2, 0.25) is 5.95 Å². The molecule has 2 aromatic heterocycles. The monoisotopic (exact) mass is 454 g/mol. The zero-order valence-corrected chi connectivity index (χ0v) is 18.8. The summed E-state index contributed by atoms with van der Waals surface area (Å²) in [5.74, 6) is -2.66. The summed E-state index contributed by atoms with van der Waals surface area (Å²) < 4.78 is 28.9. The first kappa shape index (κ1) is 21.1. The summed E-state index contributed by atoms with van der Waals surface area (Å²) in [5, 5.41) is 16.7. The van der Waals surface area contributed by atoms with E-state index in [0.717, 1.165) is 65.1 Å². The fourth-order valence-corrected chi connectivity index (χ4v) is 4.94. The maximum atomic E-state index is 14.5. The second kappa shape index (κ2) is 8.29. The summed E-state index contributed by atoms with van der Waals surface area (Å²) in [6, 6.07) is 6.19. The lowest BCUT2D eigenvalue weighted by Gasteiger charge is -2.24. The van der Waals surface area contributed by atoms with Crippen LogP contribution in [0.4, 0.5) is 14.7 Å². The Labute approximate surface area is 189 Å². The molecule has 1 aliphatic heterocycles. The number of alkyl halides is 2. The Morgan fingerprint density at radius 3 is 2.84 bits per heavy atom. The van der Waals surface area contributed by atoms with Crippen molar-refractivity contribution in [2.75, 3.05) is 18.4 Å². The van der Waals surface area contributed by atoms with Crippen molar-refractivity contribution in [1.82, 2.24) is 25.5 Å². The van der Waals surface area contributed by atoms with Gasteiger partial charge in [-0.15, -0.1) is 10.2 Å². The first-order chi connectivity index (χ1) is 15.4. The van der Waals surface area contributed by atoms with Crippen LogP contribution in [0.3, 0.4) is 0 Å². The first-order valence-corrected chi connectivity index (χ1v) is 11.6. The van der Waals surface area contributed by atoms with Gasteiger partial charge in [-0.05, 0) is 49.9 Å². The third kappa shape index (κ3) is 4.14. The number of piperidine rings is 1. The Balaban J connectivity index is 1.50. The molecule has 0 bridgehead atoms. The van der Waals surface area contributed by atoms with Gasteiger partial charge in [-0.25, -0.2) is 18.7 Å². The third-order valence-corrected chi connectivity index (χ3v) is 6.73. The molecule has 3 aromatic rings. The van der Waals surface area contributed by atoms with Crippen molar-refractivity contribution in [2.45, 2.75) is 45.1 Å². The van der Waals surface area contributed by atoms with Crippen molar-refractivity contribution >= 4 is 22.9 Å². The number of fused-ring (bicyclic) bond motifs is 1. The molecule has 1 aliphatic carbocycles. The molecule has 0 unspecified atom stereocenters. The van der Waals surface area contributed by atoms with Gasteiger partial charge in [-0.1, -0.05) is 29.5 Å². The summed E-state index contributed by atoms with van der Waals surface area (Å²) in [4.78, 5) is 8.79. The number of aryl methyl sites for hydroxylation is 1. The second-order valence-electron chi connectivity index (χ2n) is 8.35. The van der Waals surface area contributed by atoms with Crippen LogP contribution in [-0.4, -0.2) is 39.3 Å². The molecule has 0 saturated carbocycles. The van der Waals surface area contributed by atoms with E-state index in [0.29, 0.717) is 12.4 Å². The minimum absolute atomic E-state index is 0.159. The molecule has 1 aromatic carbocycles. The van der Waals surface area contributed by atoms with Gasteiger partial charge in [0, 0.05) is 36.8 Å². The van der Waals surface area contributed by atoms with Crippen LogP contribution in [0.5, 0.6) is 0 Å². The number of hydrogen-bond donors (Lipinski definition) is 2. The molecule has 1 atom stereocenters. The number of halogens is 2. The highest BCUT2D eigenvalue weighted by molar-refractivity contribution is 7.14. The fourth-order valence-electron chi connectivity index (χ4n) is 4.25. The summed E-state index contributed by atoms with van der Waals surface area (Å²) in [5.41, 5.74) is 3.83. The summed E-state index contributed by atoms with van der Waals surface area (Å²) in [7, 11) is 0. The van der Waals surface area contributed by atoms with Crippen LogP contribution < -0.4 is 10.6 Å². The molecule has 9 heteroatoms. The van der Waals surface area contributed by atoms with Gasteiger partial charge in [0.1, 0.15) is 10.0 Å². The molecule has 2 aliphatic rings. The highest BCUT2D eigenvalue weighted by Crippen LogP contribution is 2.40. The number of allylic oxidation sites excluding steroid dienone is 1. The number of anilines is 1. The SMILES string of the molecule is Cc1nnc(-c2ccc3c(c2)CC=C3c2nc(N[C@H]3CCCNC3)ncc2C(C)(F)F)s1. The van der Waals surface area contributed by atoms with Gasteiger partial charge in [-0.2, -0.15) is 0 Å². The lowest BCUT2D eigenvalue weighted by molar-refractivity contribution is 0.0165. The Hall–Kier alpha value is -2.78. The topological polar surface area (TPSA) is 75.6 Å². The highest BCUT2D eigenvalue weighted by Gasteiger charge is 2.32. The first-order valence-electron chi connectivity index (χ1n) is 10.8. The van der Waals surface area contributed by atoms with E-state index in [-0.39, 0.29) is 17.3 Å². The average Bonchev–Trinajstić information content (AvgIpc) is 3.39. The Morgan fingerprint density at radius 1 is 1.25 bits per heavy atom. The van der Waals surface area contributed by atoms with Crippen molar-refractivity contribution in [3.63, 3.8) is 0 Å². The van der Waals surface area contributed by atoms with E-state index in [1.165, 1.54) is 17.5 Å². The van der Waals surface area contributed by atoms with E-state index in [1.54, 1.807) is 0 Å².